The summed E-state index contributed by atoms with van der Waals surface area (Å²) in [6.07, 6.45) is 4.34. The predicted molar refractivity (Wildman–Crippen MR) is 97.7 cm³/mol. The summed E-state index contributed by atoms with van der Waals surface area (Å²) < 4.78 is 5.68. The number of fused-ring (bicyclic) bond motifs is 1. The molecule has 0 unspecified atom stereocenters. The molecule has 1 aromatic carbocycles. The average molecular weight is 356 g/mol. The van der Waals surface area contributed by atoms with Crippen molar-refractivity contribution in [2.24, 2.45) is 0 Å². The summed E-state index contributed by atoms with van der Waals surface area (Å²) in [6, 6.07) is 9.78. The number of H-pyrrole nitrogens is 1. The Morgan fingerprint density at radius 1 is 1.36 bits per heavy atom. The van der Waals surface area contributed by atoms with Crippen molar-refractivity contribution < 1.29 is 9.53 Å². The van der Waals surface area contributed by atoms with Crippen LogP contribution in [-0.2, 0) is 11.3 Å². The molecule has 2 N–H and O–H groups in total. The number of carbonyl (C=O) groups is 1. The molecule has 6 heteroatoms. The van der Waals surface area contributed by atoms with Gasteiger partial charge in [0.15, 0.2) is 0 Å². The number of hydrogen-bond donors (Lipinski definition) is 2. The van der Waals surface area contributed by atoms with Gasteiger partial charge in [-0.05, 0) is 37.1 Å². The first-order chi connectivity index (χ1) is 12.1. The summed E-state index contributed by atoms with van der Waals surface area (Å²) in [4.78, 5) is 18.7. The van der Waals surface area contributed by atoms with Gasteiger partial charge in [0.25, 0.3) is 0 Å². The number of amides is 1. The fourth-order valence-electron chi connectivity index (χ4n) is 2.72. The van der Waals surface area contributed by atoms with Gasteiger partial charge in [0.2, 0.25) is 11.8 Å². The largest absolute Gasteiger partial charge is 0.474 e. The maximum Gasteiger partial charge on any atom is 0.217 e. The molecule has 1 fully saturated rings. The molecular formula is C19H18ClN3O2. The van der Waals surface area contributed by atoms with Crippen molar-refractivity contribution in [2.75, 3.05) is 0 Å². The SMILES string of the molecule is CC(=O)NCc1cc2cc(Cl)c(-c3ccc(OC4CC4)nc3)cc2[nH]1. The van der Waals surface area contributed by atoms with Gasteiger partial charge in [0.05, 0.1) is 6.54 Å². The van der Waals surface area contributed by atoms with Gasteiger partial charge in [0, 0.05) is 51.9 Å². The van der Waals surface area contributed by atoms with Crippen LogP contribution in [0, 0.1) is 0 Å². The molecule has 2 aromatic heterocycles. The fourth-order valence-corrected chi connectivity index (χ4v) is 3.00. The van der Waals surface area contributed by atoms with Crippen molar-refractivity contribution in [3.63, 3.8) is 0 Å². The fraction of sp³-hybridized carbons (Fsp3) is 0.263. The number of nitrogens with zero attached hydrogens (tertiary/aromatic N) is 1. The monoisotopic (exact) mass is 355 g/mol. The molecule has 0 bridgehead atoms. The first kappa shape index (κ1) is 16.0. The summed E-state index contributed by atoms with van der Waals surface area (Å²) in [5.74, 6) is 0.595. The molecule has 0 aliphatic heterocycles. The molecule has 0 atom stereocenters. The van der Waals surface area contributed by atoms with Crippen molar-refractivity contribution in [2.45, 2.75) is 32.4 Å². The van der Waals surface area contributed by atoms with Crippen LogP contribution in [0.15, 0.2) is 36.5 Å². The Morgan fingerprint density at radius 2 is 2.20 bits per heavy atom. The standard InChI is InChI=1S/C19H18ClN3O2/c1-11(24)21-10-14-6-13-7-17(20)16(8-18(13)23-14)12-2-5-19(22-9-12)25-15-3-4-15/h2,5-9,15,23H,3-4,10H2,1H3,(H,21,24). The quantitative estimate of drug-likeness (QED) is 0.725. The molecule has 2 heterocycles. The number of hydrogen-bond acceptors (Lipinski definition) is 3. The van der Waals surface area contributed by atoms with Crippen molar-refractivity contribution in [3.8, 4) is 17.0 Å². The molecule has 0 spiro atoms. The third-order valence-corrected chi connectivity index (χ3v) is 4.46. The highest BCUT2D eigenvalue weighted by molar-refractivity contribution is 6.34. The van der Waals surface area contributed by atoms with E-state index in [1.54, 1.807) is 6.20 Å². The lowest BCUT2D eigenvalue weighted by molar-refractivity contribution is -0.119. The Balaban J connectivity index is 1.61. The van der Waals surface area contributed by atoms with Crippen LogP contribution in [0.5, 0.6) is 5.88 Å². The molecule has 128 valence electrons. The van der Waals surface area contributed by atoms with Crippen LogP contribution < -0.4 is 10.1 Å². The average Bonchev–Trinajstić information content (AvgIpc) is 3.31. The molecule has 4 rings (SSSR count). The smallest absolute Gasteiger partial charge is 0.217 e. The van der Waals surface area contributed by atoms with E-state index in [2.05, 4.69) is 15.3 Å². The summed E-state index contributed by atoms with van der Waals surface area (Å²) in [6.45, 7) is 1.97. The lowest BCUT2D eigenvalue weighted by atomic mass is 10.1. The van der Waals surface area contributed by atoms with Gasteiger partial charge in [-0.3, -0.25) is 4.79 Å². The number of carbonyl (C=O) groups excluding carboxylic acids is 1. The highest BCUT2D eigenvalue weighted by Gasteiger charge is 2.23. The second-order valence-corrected chi connectivity index (χ2v) is 6.73. The van der Waals surface area contributed by atoms with Crippen LogP contribution >= 0.6 is 11.6 Å². The zero-order valence-corrected chi connectivity index (χ0v) is 14.6. The van der Waals surface area contributed by atoms with Gasteiger partial charge in [-0.1, -0.05) is 11.6 Å². The van der Waals surface area contributed by atoms with E-state index in [9.17, 15) is 4.79 Å². The van der Waals surface area contributed by atoms with Crippen LogP contribution in [-0.4, -0.2) is 22.0 Å². The van der Waals surface area contributed by atoms with Crippen molar-refractivity contribution in [3.05, 3.63) is 47.2 Å². The lowest BCUT2D eigenvalue weighted by Crippen LogP contribution is -2.18. The minimum absolute atomic E-state index is 0.0584. The van der Waals surface area contributed by atoms with Gasteiger partial charge >= 0.3 is 0 Å². The number of aromatic amines is 1. The molecule has 3 aromatic rings. The molecule has 5 nitrogen and oxygen atoms in total. The highest BCUT2D eigenvalue weighted by Crippen LogP contribution is 2.33. The van der Waals surface area contributed by atoms with Gasteiger partial charge in [-0.15, -0.1) is 0 Å². The van der Waals surface area contributed by atoms with Crippen LogP contribution in [0.3, 0.4) is 0 Å². The van der Waals surface area contributed by atoms with Crippen LogP contribution in [0.1, 0.15) is 25.5 Å². The highest BCUT2D eigenvalue weighted by atomic mass is 35.5. The topological polar surface area (TPSA) is 67.0 Å². The molecule has 1 aliphatic rings. The van der Waals surface area contributed by atoms with E-state index in [4.69, 9.17) is 16.3 Å². The van der Waals surface area contributed by atoms with Gasteiger partial charge < -0.3 is 15.0 Å². The zero-order chi connectivity index (χ0) is 17.4. The second kappa shape index (κ2) is 6.41. The molecule has 0 radical (unpaired) electrons. The van der Waals surface area contributed by atoms with Crippen molar-refractivity contribution in [1.29, 1.82) is 0 Å². The van der Waals surface area contributed by atoms with Gasteiger partial charge in [-0.25, -0.2) is 4.98 Å². The predicted octanol–water partition coefficient (Wildman–Crippen LogP) is 4.06. The summed E-state index contributed by atoms with van der Waals surface area (Å²) in [5, 5.41) is 4.46. The van der Waals surface area contributed by atoms with Crippen molar-refractivity contribution >= 4 is 28.4 Å². The first-order valence-corrected chi connectivity index (χ1v) is 8.65. The second-order valence-electron chi connectivity index (χ2n) is 6.33. The third kappa shape index (κ3) is 3.61. The maximum atomic E-state index is 11.1. The lowest BCUT2D eigenvalue weighted by Gasteiger charge is -2.07. The van der Waals surface area contributed by atoms with E-state index in [-0.39, 0.29) is 5.91 Å². The molecule has 25 heavy (non-hydrogen) atoms. The zero-order valence-electron chi connectivity index (χ0n) is 13.8. The van der Waals surface area contributed by atoms with Crippen LogP contribution in [0.25, 0.3) is 22.0 Å². The van der Waals surface area contributed by atoms with Crippen LogP contribution in [0.4, 0.5) is 0 Å². The number of nitrogens with one attached hydrogen (secondary N) is 2. The Labute approximate surface area is 150 Å². The Kier molecular flexibility index (Phi) is 4.09. The minimum atomic E-state index is -0.0584. The normalized spacial score (nSPS) is 13.8. The summed E-state index contributed by atoms with van der Waals surface area (Å²) >= 11 is 6.47. The molecule has 1 aliphatic carbocycles. The van der Waals surface area contributed by atoms with Gasteiger partial charge in [-0.2, -0.15) is 0 Å². The molecular weight excluding hydrogens is 338 g/mol. The molecule has 1 saturated carbocycles. The number of pyridine rings is 1. The Morgan fingerprint density at radius 3 is 2.88 bits per heavy atom. The first-order valence-electron chi connectivity index (χ1n) is 8.27. The van der Waals surface area contributed by atoms with Crippen molar-refractivity contribution in [1.82, 2.24) is 15.3 Å². The third-order valence-electron chi connectivity index (χ3n) is 4.15. The number of halogens is 1. The van der Waals surface area contributed by atoms with E-state index < -0.39 is 0 Å². The minimum Gasteiger partial charge on any atom is -0.474 e. The van der Waals surface area contributed by atoms with E-state index in [0.29, 0.717) is 23.6 Å². The van der Waals surface area contributed by atoms with E-state index in [1.165, 1.54) is 6.92 Å². The molecule has 1 amide bonds. The number of ether oxygens (including phenoxy) is 1. The van der Waals surface area contributed by atoms with E-state index in [0.717, 1.165) is 40.6 Å². The summed E-state index contributed by atoms with van der Waals surface area (Å²) in [7, 11) is 0. The van der Waals surface area contributed by atoms with E-state index >= 15 is 0 Å². The Bertz CT molecular complexity index is 930. The van der Waals surface area contributed by atoms with Gasteiger partial charge in [0.1, 0.15) is 6.10 Å². The molecule has 0 saturated heterocycles. The van der Waals surface area contributed by atoms with Crippen LogP contribution in [0.2, 0.25) is 5.02 Å². The number of aromatic nitrogens is 2. The number of rotatable bonds is 5. The number of benzene rings is 1. The van der Waals surface area contributed by atoms with E-state index in [1.807, 2.05) is 30.3 Å². The maximum absolute atomic E-state index is 11.1. The summed E-state index contributed by atoms with van der Waals surface area (Å²) in [5.41, 5.74) is 3.75. The Hall–Kier alpha value is -2.53.